The standard InChI is InChI=1S/C14H24N2OS/c17-13(12-10-18-9-7-15-12)16-8-6-14(11-16)4-2-1-3-5-14/h12,15H,1-11H2. The highest BCUT2D eigenvalue weighted by molar-refractivity contribution is 7.99. The van der Waals surface area contributed by atoms with Crippen LogP contribution < -0.4 is 5.32 Å². The van der Waals surface area contributed by atoms with Crippen molar-refractivity contribution < 1.29 is 4.79 Å². The lowest BCUT2D eigenvalue weighted by molar-refractivity contribution is -0.132. The van der Waals surface area contributed by atoms with E-state index in [1.54, 1.807) is 0 Å². The average Bonchev–Trinajstić information content (AvgIpc) is 2.83. The minimum atomic E-state index is 0.0856. The van der Waals surface area contributed by atoms with Crippen LogP contribution in [0.5, 0.6) is 0 Å². The van der Waals surface area contributed by atoms with Crippen molar-refractivity contribution in [2.24, 2.45) is 5.41 Å². The summed E-state index contributed by atoms with van der Waals surface area (Å²) >= 11 is 1.91. The molecule has 1 saturated carbocycles. The van der Waals surface area contributed by atoms with Gasteiger partial charge in [0.1, 0.15) is 0 Å². The molecule has 3 rings (SSSR count). The number of nitrogens with zero attached hydrogens (tertiary/aromatic N) is 1. The van der Waals surface area contributed by atoms with Gasteiger partial charge in [-0.2, -0.15) is 11.8 Å². The second-order valence-corrected chi connectivity index (χ2v) is 7.30. The fourth-order valence-corrected chi connectivity index (χ4v) is 4.70. The molecule has 2 aliphatic heterocycles. The molecule has 1 spiro atoms. The number of carbonyl (C=O) groups is 1. The zero-order valence-corrected chi connectivity index (χ0v) is 11.9. The van der Waals surface area contributed by atoms with Gasteiger partial charge in [0.15, 0.2) is 0 Å². The van der Waals surface area contributed by atoms with Gasteiger partial charge in [-0.25, -0.2) is 0 Å². The number of thioether (sulfide) groups is 1. The fraction of sp³-hybridized carbons (Fsp3) is 0.929. The van der Waals surface area contributed by atoms with E-state index in [1.165, 1.54) is 38.5 Å². The molecule has 3 aliphatic rings. The van der Waals surface area contributed by atoms with E-state index in [2.05, 4.69) is 10.2 Å². The van der Waals surface area contributed by atoms with Crippen LogP contribution in [0.1, 0.15) is 38.5 Å². The Labute approximate surface area is 114 Å². The molecule has 0 bridgehead atoms. The summed E-state index contributed by atoms with van der Waals surface area (Å²) in [5, 5.41) is 3.38. The summed E-state index contributed by atoms with van der Waals surface area (Å²) < 4.78 is 0. The molecule has 1 atom stereocenters. The largest absolute Gasteiger partial charge is 0.341 e. The molecule has 102 valence electrons. The summed E-state index contributed by atoms with van der Waals surface area (Å²) in [4.78, 5) is 14.6. The Morgan fingerprint density at radius 2 is 2.06 bits per heavy atom. The second kappa shape index (κ2) is 5.41. The molecule has 1 amide bonds. The molecule has 3 nitrogen and oxygen atoms in total. The van der Waals surface area contributed by atoms with E-state index < -0.39 is 0 Å². The van der Waals surface area contributed by atoms with Gasteiger partial charge in [0.25, 0.3) is 0 Å². The van der Waals surface area contributed by atoms with E-state index in [9.17, 15) is 4.79 Å². The predicted octanol–water partition coefficient (Wildman–Crippen LogP) is 1.87. The number of amides is 1. The van der Waals surface area contributed by atoms with Crippen LogP contribution in [0, 0.1) is 5.41 Å². The molecule has 2 heterocycles. The smallest absolute Gasteiger partial charge is 0.240 e. The van der Waals surface area contributed by atoms with Crippen LogP contribution in [0.4, 0.5) is 0 Å². The first kappa shape index (κ1) is 12.8. The first-order chi connectivity index (χ1) is 8.79. The maximum Gasteiger partial charge on any atom is 0.240 e. The predicted molar refractivity (Wildman–Crippen MR) is 75.8 cm³/mol. The Morgan fingerprint density at radius 3 is 2.78 bits per heavy atom. The monoisotopic (exact) mass is 268 g/mol. The van der Waals surface area contributed by atoms with E-state index in [1.807, 2.05) is 11.8 Å². The quantitative estimate of drug-likeness (QED) is 0.788. The summed E-state index contributed by atoms with van der Waals surface area (Å²) in [7, 11) is 0. The third kappa shape index (κ3) is 2.55. The van der Waals surface area contributed by atoms with Crippen LogP contribution in [0.3, 0.4) is 0 Å². The molecule has 0 radical (unpaired) electrons. The van der Waals surface area contributed by atoms with Crippen LogP contribution in [-0.2, 0) is 4.79 Å². The molecule has 1 aliphatic carbocycles. The topological polar surface area (TPSA) is 32.3 Å². The number of carbonyl (C=O) groups excluding carboxylic acids is 1. The number of nitrogens with one attached hydrogen (secondary N) is 1. The van der Waals surface area contributed by atoms with Gasteiger partial charge >= 0.3 is 0 Å². The third-order valence-electron chi connectivity index (χ3n) is 4.88. The summed E-state index contributed by atoms with van der Waals surface area (Å²) in [5.41, 5.74) is 0.496. The Bertz CT molecular complexity index is 309. The van der Waals surface area contributed by atoms with Gasteiger partial charge in [0.05, 0.1) is 6.04 Å². The SMILES string of the molecule is O=C(C1CSCCN1)N1CCC2(CCCCC2)C1. The van der Waals surface area contributed by atoms with Crippen molar-refractivity contribution in [3.05, 3.63) is 0 Å². The maximum atomic E-state index is 12.5. The summed E-state index contributed by atoms with van der Waals surface area (Å²) in [6, 6.07) is 0.0856. The van der Waals surface area contributed by atoms with Crippen molar-refractivity contribution >= 4 is 17.7 Å². The number of likely N-dealkylation sites (tertiary alicyclic amines) is 1. The molecule has 0 aromatic heterocycles. The molecule has 4 heteroatoms. The fourth-order valence-electron chi connectivity index (χ4n) is 3.78. The Hall–Kier alpha value is -0.220. The molecule has 3 fully saturated rings. The molecule has 0 aromatic rings. The van der Waals surface area contributed by atoms with Crippen LogP contribution in [0.2, 0.25) is 0 Å². The zero-order valence-electron chi connectivity index (χ0n) is 11.1. The highest BCUT2D eigenvalue weighted by Gasteiger charge is 2.41. The normalized spacial score (nSPS) is 31.8. The van der Waals surface area contributed by atoms with Crippen molar-refractivity contribution in [3.63, 3.8) is 0 Å². The van der Waals surface area contributed by atoms with Gasteiger partial charge in [-0.05, 0) is 24.7 Å². The van der Waals surface area contributed by atoms with E-state index >= 15 is 0 Å². The van der Waals surface area contributed by atoms with Gasteiger partial charge < -0.3 is 10.2 Å². The molecule has 0 aromatic carbocycles. The van der Waals surface area contributed by atoms with Crippen molar-refractivity contribution in [1.82, 2.24) is 10.2 Å². The molecular weight excluding hydrogens is 244 g/mol. The number of rotatable bonds is 1. The second-order valence-electron chi connectivity index (χ2n) is 6.15. The summed E-state index contributed by atoms with van der Waals surface area (Å²) in [6.45, 7) is 3.02. The number of hydrogen-bond acceptors (Lipinski definition) is 3. The van der Waals surface area contributed by atoms with Gasteiger partial charge in [-0.15, -0.1) is 0 Å². The lowest BCUT2D eigenvalue weighted by atomic mass is 9.73. The van der Waals surface area contributed by atoms with Crippen molar-refractivity contribution in [1.29, 1.82) is 0 Å². The lowest BCUT2D eigenvalue weighted by Crippen LogP contribution is -2.50. The van der Waals surface area contributed by atoms with Crippen LogP contribution in [0.15, 0.2) is 0 Å². The molecule has 18 heavy (non-hydrogen) atoms. The maximum absolute atomic E-state index is 12.5. The highest BCUT2D eigenvalue weighted by atomic mass is 32.2. The van der Waals surface area contributed by atoms with Gasteiger partial charge in [-0.1, -0.05) is 19.3 Å². The van der Waals surface area contributed by atoms with Crippen LogP contribution in [0.25, 0.3) is 0 Å². The third-order valence-corrected chi connectivity index (χ3v) is 5.95. The van der Waals surface area contributed by atoms with Gasteiger partial charge in [-0.3, -0.25) is 4.79 Å². The Morgan fingerprint density at radius 1 is 1.22 bits per heavy atom. The zero-order chi connectivity index (χ0) is 12.4. The summed E-state index contributed by atoms with van der Waals surface area (Å²) in [6.07, 6.45) is 8.10. The van der Waals surface area contributed by atoms with Crippen LogP contribution in [-0.4, -0.2) is 48.0 Å². The molecule has 1 unspecified atom stereocenters. The average molecular weight is 268 g/mol. The van der Waals surface area contributed by atoms with E-state index in [4.69, 9.17) is 0 Å². The van der Waals surface area contributed by atoms with Crippen molar-refractivity contribution in [2.45, 2.75) is 44.6 Å². The molecular formula is C14H24N2OS. The van der Waals surface area contributed by atoms with E-state index in [-0.39, 0.29) is 6.04 Å². The molecule has 1 N–H and O–H groups in total. The van der Waals surface area contributed by atoms with Gasteiger partial charge in [0, 0.05) is 31.1 Å². The minimum Gasteiger partial charge on any atom is -0.341 e. The van der Waals surface area contributed by atoms with E-state index in [0.29, 0.717) is 11.3 Å². The van der Waals surface area contributed by atoms with Crippen LogP contribution >= 0.6 is 11.8 Å². The number of hydrogen-bond donors (Lipinski definition) is 1. The lowest BCUT2D eigenvalue weighted by Gasteiger charge is -2.34. The van der Waals surface area contributed by atoms with Gasteiger partial charge in [0.2, 0.25) is 5.91 Å². The Kier molecular flexibility index (Phi) is 3.85. The molecule has 2 saturated heterocycles. The highest BCUT2D eigenvalue weighted by Crippen LogP contribution is 2.43. The first-order valence-corrected chi connectivity index (χ1v) is 8.55. The van der Waals surface area contributed by atoms with Crippen molar-refractivity contribution in [2.75, 3.05) is 31.1 Å². The first-order valence-electron chi connectivity index (χ1n) is 7.39. The minimum absolute atomic E-state index is 0.0856. The summed E-state index contributed by atoms with van der Waals surface area (Å²) in [5.74, 6) is 2.47. The van der Waals surface area contributed by atoms with E-state index in [0.717, 1.165) is 31.1 Å². The van der Waals surface area contributed by atoms with Crippen molar-refractivity contribution in [3.8, 4) is 0 Å². The Balaban J connectivity index is 1.59.